The van der Waals surface area contributed by atoms with Crippen LogP contribution in [-0.4, -0.2) is 42.1 Å². The SMILES string of the molecule is NNC(=O)c1cncc(N2CCN(c3ccccc3)CC2)n1. The van der Waals surface area contributed by atoms with Gasteiger partial charge in [0.1, 0.15) is 11.5 Å². The van der Waals surface area contributed by atoms with Gasteiger partial charge in [-0.25, -0.2) is 10.8 Å². The summed E-state index contributed by atoms with van der Waals surface area (Å²) in [4.78, 5) is 24.4. The first kappa shape index (κ1) is 14.3. The van der Waals surface area contributed by atoms with E-state index in [0.29, 0.717) is 5.82 Å². The molecule has 1 aliphatic heterocycles. The molecule has 1 amide bonds. The van der Waals surface area contributed by atoms with Crippen LogP contribution >= 0.6 is 0 Å². The number of carbonyl (C=O) groups is 1. The molecule has 1 aliphatic rings. The van der Waals surface area contributed by atoms with Crippen LogP contribution in [0, 0.1) is 0 Å². The van der Waals surface area contributed by atoms with E-state index in [9.17, 15) is 4.79 Å². The van der Waals surface area contributed by atoms with Gasteiger partial charge in [0.2, 0.25) is 0 Å². The lowest BCUT2D eigenvalue weighted by Crippen LogP contribution is -2.47. The molecule has 1 saturated heterocycles. The van der Waals surface area contributed by atoms with Gasteiger partial charge in [0.15, 0.2) is 0 Å². The Morgan fingerprint density at radius 2 is 1.73 bits per heavy atom. The molecule has 3 rings (SSSR count). The lowest BCUT2D eigenvalue weighted by molar-refractivity contribution is 0.0948. The van der Waals surface area contributed by atoms with Crippen molar-refractivity contribution in [2.24, 2.45) is 5.84 Å². The predicted octanol–water partition coefficient (Wildman–Crippen LogP) is 0.407. The molecule has 1 aromatic carbocycles. The second kappa shape index (κ2) is 6.40. The highest BCUT2D eigenvalue weighted by Gasteiger charge is 2.19. The van der Waals surface area contributed by atoms with Crippen LogP contribution in [0.5, 0.6) is 0 Å². The Morgan fingerprint density at radius 3 is 2.41 bits per heavy atom. The fourth-order valence-corrected chi connectivity index (χ4v) is 2.52. The standard InChI is InChI=1S/C15H18N6O/c16-19-15(22)13-10-17-11-14(18-13)21-8-6-20(7-9-21)12-4-2-1-3-5-12/h1-5,10-11H,6-9,16H2,(H,19,22). The largest absolute Gasteiger partial charge is 0.368 e. The molecule has 1 aromatic heterocycles. The Hall–Kier alpha value is -2.67. The quantitative estimate of drug-likeness (QED) is 0.485. The molecule has 0 aliphatic carbocycles. The summed E-state index contributed by atoms with van der Waals surface area (Å²) in [6, 6.07) is 10.3. The highest BCUT2D eigenvalue weighted by atomic mass is 16.2. The van der Waals surface area contributed by atoms with E-state index in [4.69, 9.17) is 5.84 Å². The Bertz CT molecular complexity index is 639. The first-order valence-electron chi connectivity index (χ1n) is 7.16. The smallest absolute Gasteiger partial charge is 0.285 e. The number of nitrogens with zero attached hydrogens (tertiary/aromatic N) is 4. The van der Waals surface area contributed by atoms with Gasteiger partial charge < -0.3 is 9.80 Å². The summed E-state index contributed by atoms with van der Waals surface area (Å²) >= 11 is 0. The first-order chi connectivity index (χ1) is 10.8. The second-order valence-corrected chi connectivity index (χ2v) is 5.05. The molecule has 7 nitrogen and oxygen atoms in total. The summed E-state index contributed by atoms with van der Waals surface area (Å²) in [5.74, 6) is 5.40. The second-order valence-electron chi connectivity index (χ2n) is 5.05. The van der Waals surface area contributed by atoms with E-state index in [1.165, 1.54) is 11.9 Å². The van der Waals surface area contributed by atoms with Gasteiger partial charge in [-0.3, -0.25) is 15.2 Å². The van der Waals surface area contributed by atoms with Crippen molar-refractivity contribution < 1.29 is 4.79 Å². The molecule has 0 unspecified atom stereocenters. The van der Waals surface area contributed by atoms with Crippen molar-refractivity contribution in [3.05, 3.63) is 48.4 Å². The third kappa shape index (κ3) is 2.99. The van der Waals surface area contributed by atoms with Crippen LogP contribution in [0.4, 0.5) is 11.5 Å². The summed E-state index contributed by atoms with van der Waals surface area (Å²) < 4.78 is 0. The number of benzene rings is 1. The third-order valence-electron chi connectivity index (χ3n) is 3.71. The number of nitrogen functional groups attached to an aromatic ring is 1. The van der Waals surface area contributed by atoms with E-state index in [-0.39, 0.29) is 5.69 Å². The van der Waals surface area contributed by atoms with Crippen molar-refractivity contribution >= 4 is 17.4 Å². The maximum atomic E-state index is 11.5. The highest BCUT2D eigenvalue weighted by Crippen LogP contribution is 2.18. The van der Waals surface area contributed by atoms with E-state index in [2.05, 4.69) is 37.3 Å². The molecule has 0 saturated carbocycles. The average molecular weight is 298 g/mol. The lowest BCUT2D eigenvalue weighted by atomic mass is 10.2. The fourth-order valence-electron chi connectivity index (χ4n) is 2.52. The number of hydrogen-bond donors (Lipinski definition) is 2. The molecule has 3 N–H and O–H groups in total. The Balaban J connectivity index is 1.68. The molecule has 114 valence electrons. The summed E-state index contributed by atoms with van der Waals surface area (Å²) in [6.07, 6.45) is 3.08. The number of para-hydroxylation sites is 1. The maximum absolute atomic E-state index is 11.5. The molecular formula is C15H18N6O. The number of amides is 1. The first-order valence-corrected chi connectivity index (χ1v) is 7.16. The normalized spacial score (nSPS) is 14.8. The zero-order valence-electron chi connectivity index (χ0n) is 12.1. The van der Waals surface area contributed by atoms with Gasteiger partial charge in [-0.15, -0.1) is 0 Å². The molecular weight excluding hydrogens is 280 g/mol. The van der Waals surface area contributed by atoms with Gasteiger partial charge in [-0.2, -0.15) is 0 Å². The Labute approximate surface area is 128 Å². The number of nitrogens with two attached hydrogens (primary N) is 1. The van der Waals surface area contributed by atoms with Gasteiger partial charge >= 0.3 is 0 Å². The van der Waals surface area contributed by atoms with Crippen molar-refractivity contribution in [1.82, 2.24) is 15.4 Å². The van der Waals surface area contributed by atoms with Crippen molar-refractivity contribution in [1.29, 1.82) is 0 Å². The molecule has 2 heterocycles. The number of hydrazine groups is 1. The van der Waals surface area contributed by atoms with E-state index in [0.717, 1.165) is 26.2 Å². The van der Waals surface area contributed by atoms with Gasteiger partial charge in [0.05, 0.1) is 12.4 Å². The minimum absolute atomic E-state index is 0.227. The van der Waals surface area contributed by atoms with Crippen LogP contribution in [-0.2, 0) is 0 Å². The van der Waals surface area contributed by atoms with Crippen LogP contribution in [0.1, 0.15) is 10.5 Å². The molecule has 22 heavy (non-hydrogen) atoms. The zero-order valence-corrected chi connectivity index (χ0v) is 12.1. The molecule has 7 heteroatoms. The maximum Gasteiger partial charge on any atom is 0.285 e. The highest BCUT2D eigenvalue weighted by molar-refractivity contribution is 5.91. The molecule has 1 fully saturated rings. The van der Waals surface area contributed by atoms with Gasteiger partial charge in [-0.05, 0) is 12.1 Å². The third-order valence-corrected chi connectivity index (χ3v) is 3.71. The number of hydrogen-bond acceptors (Lipinski definition) is 6. The fraction of sp³-hybridized carbons (Fsp3) is 0.267. The van der Waals surface area contributed by atoms with E-state index in [1.807, 2.05) is 18.2 Å². The van der Waals surface area contributed by atoms with Crippen LogP contribution in [0.25, 0.3) is 0 Å². The number of anilines is 2. The van der Waals surface area contributed by atoms with Crippen molar-refractivity contribution in [3.8, 4) is 0 Å². The summed E-state index contributed by atoms with van der Waals surface area (Å²) in [5, 5.41) is 0. The van der Waals surface area contributed by atoms with Crippen LogP contribution in [0.15, 0.2) is 42.7 Å². The minimum Gasteiger partial charge on any atom is -0.368 e. The summed E-state index contributed by atoms with van der Waals surface area (Å²) in [7, 11) is 0. The van der Waals surface area contributed by atoms with Gasteiger partial charge in [0.25, 0.3) is 5.91 Å². The van der Waals surface area contributed by atoms with Crippen molar-refractivity contribution in [3.63, 3.8) is 0 Å². The predicted molar refractivity (Wildman–Crippen MR) is 84.6 cm³/mol. The number of piperazine rings is 1. The van der Waals surface area contributed by atoms with E-state index in [1.54, 1.807) is 6.20 Å². The van der Waals surface area contributed by atoms with Crippen LogP contribution in [0.3, 0.4) is 0 Å². The molecule has 0 spiro atoms. The summed E-state index contributed by atoms with van der Waals surface area (Å²) in [6.45, 7) is 3.46. The molecule has 0 bridgehead atoms. The minimum atomic E-state index is -0.433. The topological polar surface area (TPSA) is 87.4 Å². The molecule has 0 radical (unpaired) electrons. The average Bonchev–Trinajstić information content (AvgIpc) is 2.62. The van der Waals surface area contributed by atoms with E-state index < -0.39 is 5.91 Å². The van der Waals surface area contributed by atoms with Gasteiger partial charge in [-0.1, -0.05) is 18.2 Å². The van der Waals surface area contributed by atoms with Crippen molar-refractivity contribution in [2.75, 3.05) is 36.0 Å². The monoisotopic (exact) mass is 298 g/mol. The molecule has 2 aromatic rings. The number of rotatable bonds is 3. The van der Waals surface area contributed by atoms with E-state index >= 15 is 0 Å². The van der Waals surface area contributed by atoms with Gasteiger partial charge in [0, 0.05) is 31.9 Å². The number of carbonyl (C=O) groups excluding carboxylic acids is 1. The molecule has 0 atom stereocenters. The lowest BCUT2D eigenvalue weighted by Gasteiger charge is -2.36. The zero-order chi connectivity index (χ0) is 15.4. The van der Waals surface area contributed by atoms with Crippen LogP contribution in [0.2, 0.25) is 0 Å². The van der Waals surface area contributed by atoms with Crippen LogP contribution < -0.4 is 21.1 Å². The summed E-state index contributed by atoms with van der Waals surface area (Å²) in [5.41, 5.74) is 3.53. The van der Waals surface area contributed by atoms with Crippen molar-refractivity contribution in [2.45, 2.75) is 0 Å². The number of nitrogens with one attached hydrogen (secondary N) is 1. The Morgan fingerprint density at radius 1 is 1.05 bits per heavy atom. The Kier molecular flexibility index (Phi) is 4.15. The number of aromatic nitrogens is 2.